The van der Waals surface area contributed by atoms with Gasteiger partial charge in [-0.15, -0.1) is 0 Å². The predicted octanol–water partition coefficient (Wildman–Crippen LogP) is 6.04. The summed E-state index contributed by atoms with van der Waals surface area (Å²) in [4.78, 5) is 12.2. The van der Waals surface area contributed by atoms with E-state index in [0.717, 1.165) is 31.2 Å². The van der Waals surface area contributed by atoms with Crippen molar-refractivity contribution in [1.82, 2.24) is 0 Å². The Labute approximate surface area is 159 Å². The van der Waals surface area contributed by atoms with Gasteiger partial charge >= 0.3 is 6.16 Å². The number of hydrogen-bond acceptors (Lipinski definition) is 4. The Morgan fingerprint density at radius 2 is 1.54 bits per heavy atom. The van der Waals surface area contributed by atoms with Crippen LogP contribution in [-0.4, -0.2) is 17.3 Å². The minimum absolute atomic E-state index is 0.247. The van der Waals surface area contributed by atoms with Crippen LogP contribution in [0, 0.1) is 5.92 Å². The highest BCUT2D eigenvalue weighted by molar-refractivity contribution is 5.64. The lowest BCUT2D eigenvalue weighted by atomic mass is 9.77. The maximum Gasteiger partial charge on any atom is 0.514 e. The topological polar surface area (TPSA) is 61.5 Å². The standard InChI is InChI=1S/C22H37NO3/c1-8-22(9-2,10-3)26-20(24)25-18-13-11-17(12-14-18)19(15-16(4)5)21(6,7)23/h11-14,16,19H,8-10,15,23H2,1-7H3. The van der Waals surface area contributed by atoms with Crippen molar-refractivity contribution in [2.24, 2.45) is 11.7 Å². The van der Waals surface area contributed by atoms with Gasteiger partial charge in [0.15, 0.2) is 0 Å². The van der Waals surface area contributed by atoms with Gasteiger partial charge in [0, 0.05) is 11.5 Å². The molecule has 148 valence electrons. The Balaban J connectivity index is 2.85. The maximum atomic E-state index is 12.2. The van der Waals surface area contributed by atoms with Crippen LogP contribution in [0.2, 0.25) is 0 Å². The first-order chi connectivity index (χ1) is 12.1. The number of ether oxygens (including phenoxy) is 2. The Kier molecular flexibility index (Phi) is 8.14. The molecule has 0 spiro atoms. The molecule has 0 radical (unpaired) electrons. The van der Waals surface area contributed by atoms with E-state index in [0.29, 0.717) is 11.7 Å². The Morgan fingerprint density at radius 3 is 1.92 bits per heavy atom. The van der Waals surface area contributed by atoms with Crippen LogP contribution in [0.1, 0.15) is 85.6 Å². The highest BCUT2D eigenvalue weighted by Crippen LogP contribution is 2.33. The molecule has 1 aromatic carbocycles. The summed E-state index contributed by atoms with van der Waals surface area (Å²) in [6.45, 7) is 14.6. The summed E-state index contributed by atoms with van der Waals surface area (Å²) in [5.74, 6) is 1.30. The van der Waals surface area contributed by atoms with Gasteiger partial charge < -0.3 is 15.2 Å². The smallest absolute Gasteiger partial charge is 0.427 e. The monoisotopic (exact) mass is 363 g/mol. The van der Waals surface area contributed by atoms with Crippen molar-refractivity contribution in [3.05, 3.63) is 29.8 Å². The number of carbonyl (C=O) groups is 1. The van der Waals surface area contributed by atoms with Crippen LogP contribution >= 0.6 is 0 Å². The number of benzene rings is 1. The quantitative estimate of drug-likeness (QED) is 0.429. The molecule has 0 bridgehead atoms. The van der Waals surface area contributed by atoms with Crippen molar-refractivity contribution in [3.8, 4) is 5.75 Å². The molecule has 4 heteroatoms. The second kappa shape index (κ2) is 9.40. The zero-order valence-electron chi connectivity index (χ0n) is 17.6. The normalized spacial score (nSPS) is 13.6. The van der Waals surface area contributed by atoms with E-state index in [1.165, 1.54) is 0 Å². The molecule has 26 heavy (non-hydrogen) atoms. The van der Waals surface area contributed by atoms with Crippen molar-refractivity contribution in [2.45, 2.75) is 91.2 Å². The molecule has 0 saturated heterocycles. The molecular weight excluding hydrogens is 326 g/mol. The van der Waals surface area contributed by atoms with Crippen molar-refractivity contribution < 1.29 is 14.3 Å². The van der Waals surface area contributed by atoms with Crippen molar-refractivity contribution in [2.75, 3.05) is 0 Å². The van der Waals surface area contributed by atoms with Crippen LogP contribution in [0.4, 0.5) is 4.79 Å². The summed E-state index contributed by atoms with van der Waals surface area (Å²) in [5.41, 5.74) is 6.80. The highest BCUT2D eigenvalue weighted by atomic mass is 16.7. The first-order valence-corrected chi connectivity index (χ1v) is 9.86. The number of nitrogens with two attached hydrogens (primary N) is 1. The molecule has 0 fully saturated rings. The van der Waals surface area contributed by atoms with E-state index in [9.17, 15) is 4.79 Å². The van der Waals surface area contributed by atoms with Crippen LogP contribution in [-0.2, 0) is 4.74 Å². The summed E-state index contributed by atoms with van der Waals surface area (Å²) >= 11 is 0. The second-order valence-corrected chi connectivity index (χ2v) is 8.27. The number of carbonyl (C=O) groups excluding carboxylic acids is 1. The minimum Gasteiger partial charge on any atom is -0.427 e. The molecule has 0 aliphatic heterocycles. The van der Waals surface area contributed by atoms with Crippen molar-refractivity contribution >= 4 is 6.16 Å². The van der Waals surface area contributed by atoms with E-state index in [4.69, 9.17) is 15.2 Å². The number of rotatable bonds is 9. The summed E-state index contributed by atoms with van der Waals surface area (Å²) in [7, 11) is 0. The van der Waals surface area contributed by atoms with Crippen LogP contribution in [0.15, 0.2) is 24.3 Å². The third-order valence-corrected chi connectivity index (χ3v) is 5.32. The first-order valence-electron chi connectivity index (χ1n) is 9.86. The van der Waals surface area contributed by atoms with Crippen LogP contribution < -0.4 is 10.5 Å². The van der Waals surface area contributed by atoms with Crippen LogP contribution in [0.5, 0.6) is 5.75 Å². The molecule has 2 N–H and O–H groups in total. The van der Waals surface area contributed by atoms with Gasteiger partial charge in [0.1, 0.15) is 11.4 Å². The van der Waals surface area contributed by atoms with E-state index < -0.39 is 11.8 Å². The fourth-order valence-corrected chi connectivity index (χ4v) is 3.37. The molecule has 0 aliphatic rings. The largest absolute Gasteiger partial charge is 0.514 e. The van der Waals surface area contributed by atoms with Crippen LogP contribution in [0.25, 0.3) is 0 Å². The SMILES string of the molecule is CCC(CC)(CC)OC(=O)Oc1ccc(C(CC(C)C)C(C)(C)N)cc1. The fraction of sp³-hybridized carbons (Fsp3) is 0.682. The van der Waals surface area contributed by atoms with Crippen molar-refractivity contribution in [3.63, 3.8) is 0 Å². The van der Waals surface area contributed by atoms with Crippen LogP contribution in [0.3, 0.4) is 0 Å². The molecule has 0 heterocycles. The molecule has 1 rings (SSSR count). The van der Waals surface area contributed by atoms with Gasteiger partial charge in [-0.05, 0) is 63.1 Å². The molecule has 0 saturated carbocycles. The lowest BCUT2D eigenvalue weighted by molar-refractivity contribution is -0.0222. The lowest BCUT2D eigenvalue weighted by Crippen LogP contribution is -2.39. The van der Waals surface area contributed by atoms with Gasteiger partial charge in [0.2, 0.25) is 0 Å². The molecule has 0 aromatic heterocycles. The van der Waals surface area contributed by atoms with E-state index in [1.54, 1.807) is 0 Å². The van der Waals surface area contributed by atoms with Gasteiger partial charge in [-0.1, -0.05) is 46.8 Å². The van der Waals surface area contributed by atoms with E-state index in [1.807, 2.05) is 45.0 Å². The molecule has 1 atom stereocenters. The summed E-state index contributed by atoms with van der Waals surface area (Å²) in [6.07, 6.45) is 2.70. The average Bonchev–Trinajstić information content (AvgIpc) is 2.57. The summed E-state index contributed by atoms with van der Waals surface area (Å²) < 4.78 is 11.0. The zero-order valence-corrected chi connectivity index (χ0v) is 17.6. The summed E-state index contributed by atoms with van der Waals surface area (Å²) in [6, 6.07) is 7.64. The molecule has 0 amide bonds. The van der Waals surface area contributed by atoms with Gasteiger partial charge in [-0.3, -0.25) is 0 Å². The molecule has 1 unspecified atom stereocenters. The Hall–Kier alpha value is -1.55. The van der Waals surface area contributed by atoms with Crippen molar-refractivity contribution in [1.29, 1.82) is 0 Å². The third kappa shape index (κ3) is 6.31. The lowest BCUT2D eigenvalue weighted by Gasteiger charge is -2.32. The average molecular weight is 364 g/mol. The van der Waals surface area contributed by atoms with E-state index in [2.05, 4.69) is 27.7 Å². The van der Waals surface area contributed by atoms with Gasteiger partial charge in [-0.2, -0.15) is 0 Å². The Morgan fingerprint density at radius 1 is 1.04 bits per heavy atom. The second-order valence-electron chi connectivity index (χ2n) is 8.27. The molecule has 1 aromatic rings. The maximum absolute atomic E-state index is 12.2. The van der Waals surface area contributed by atoms with Gasteiger partial charge in [-0.25, -0.2) is 4.79 Å². The molecular formula is C22H37NO3. The van der Waals surface area contributed by atoms with Gasteiger partial charge in [0.05, 0.1) is 0 Å². The first kappa shape index (κ1) is 22.5. The molecule has 4 nitrogen and oxygen atoms in total. The van der Waals surface area contributed by atoms with Gasteiger partial charge in [0.25, 0.3) is 0 Å². The Bertz CT molecular complexity index is 545. The highest BCUT2D eigenvalue weighted by Gasteiger charge is 2.30. The van der Waals surface area contributed by atoms with E-state index >= 15 is 0 Å². The summed E-state index contributed by atoms with van der Waals surface area (Å²) in [5, 5.41) is 0. The minimum atomic E-state index is -0.638. The fourth-order valence-electron chi connectivity index (χ4n) is 3.37. The van der Waals surface area contributed by atoms with E-state index in [-0.39, 0.29) is 11.5 Å². The zero-order chi connectivity index (χ0) is 20.0. The third-order valence-electron chi connectivity index (χ3n) is 5.32. The number of hydrogen-bond donors (Lipinski definition) is 1. The predicted molar refractivity (Wildman–Crippen MR) is 108 cm³/mol. The molecule has 0 aliphatic carbocycles.